The van der Waals surface area contributed by atoms with Gasteiger partial charge in [0.2, 0.25) is 0 Å². The van der Waals surface area contributed by atoms with Gasteiger partial charge in [-0.2, -0.15) is 0 Å². The number of carbonyl (C=O) groups is 1. The number of rotatable bonds is 8. The third kappa shape index (κ3) is 4.69. The lowest BCUT2D eigenvalue weighted by Crippen LogP contribution is -2.14. The van der Waals surface area contributed by atoms with Gasteiger partial charge in [0.05, 0.1) is 24.7 Å². The van der Waals surface area contributed by atoms with Crippen molar-refractivity contribution in [3.8, 4) is 11.5 Å². The minimum Gasteiger partial charge on any atom is -0.493 e. The summed E-state index contributed by atoms with van der Waals surface area (Å²) in [6.07, 6.45) is 1.61. The first kappa shape index (κ1) is 21.1. The highest BCUT2D eigenvalue weighted by Gasteiger charge is 2.25. The summed E-state index contributed by atoms with van der Waals surface area (Å²) in [5.74, 6) is -0.187. The van der Waals surface area contributed by atoms with Crippen LogP contribution in [0.3, 0.4) is 0 Å². The summed E-state index contributed by atoms with van der Waals surface area (Å²) in [4.78, 5) is 24.5. The standard InChI is InChI=1S/C19H19N5O5S/c1-4-29-17-10-15(24(26)27)14(9-16(17)28-3)18(25)21-12-5-7-13(8-6-12)30-19-22-20-11-23(19)2/h5-11H,4H2,1-3H3,(H,21,25). The van der Waals surface area contributed by atoms with Gasteiger partial charge in [0.1, 0.15) is 11.9 Å². The molecule has 0 aliphatic heterocycles. The van der Waals surface area contributed by atoms with E-state index in [-0.39, 0.29) is 22.7 Å². The number of hydrogen-bond acceptors (Lipinski definition) is 8. The van der Waals surface area contributed by atoms with E-state index in [1.807, 2.05) is 19.2 Å². The maximum Gasteiger partial charge on any atom is 0.286 e. The maximum atomic E-state index is 12.7. The predicted octanol–water partition coefficient (Wildman–Crippen LogP) is 3.53. The highest BCUT2D eigenvalue weighted by Crippen LogP contribution is 2.35. The molecule has 0 saturated carbocycles. The summed E-state index contributed by atoms with van der Waals surface area (Å²) < 4.78 is 12.4. The summed E-state index contributed by atoms with van der Waals surface area (Å²) in [7, 11) is 3.24. The number of hydrogen-bond donors (Lipinski definition) is 1. The van der Waals surface area contributed by atoms with E-state index in [2.05, 4.69) is 15.5 Å². The first-order valence-electron chi connectivity index (χ1n) is 8.85. The summed E-state index contributed by atoms with van der Waals surface area (Å²) in [6.45, 7) is 2.05. The molecule has 1 N–H and O–H groups in total. The second-order valence-electron chi connectivity index (χ2n) is 6.02. The number of carbonyl (C=O) groups excluding carboxylic acids is 1. The number of ether oxygens (including phenoxy) is 2. The molecule has 3 aromatic rings. The van der Waals surface area contributed by atoms with Crippen LogP contribution in [0.5, 0.6) is 11.5 Å². The maximum absolute atomic E-state index is 12.7. The molecule has 0 fully saturated rings. The average Bonchev–Trinajstić information content (AvgIpc) is 3.13. The first-order valence-corrected chi connectivity index (χ1v) is 9.67. The number of benzene rings is 2. The van der Waals surface area contributed by atoms with Gasteiger partial charge in [0, 0.05) is 23.7 Å². The molecule has 1 heterocycles. The minimum atomic E-state index is -0.628. The van der Waals surface area contributed by atoms with Gasteiger partial charge >= 0.3 is 0 Å². The van der Waals surface area contributed by atoms with E-state index in [9.17, 15) is 14.9 Å². The zero-order valence-corrected chi connectivity index (χ0v) is 17.3. The van der Waals surface area contributed by atoms with Crippen molar-refractivity contribution in [1.29, 1.82) is 0 Å². The van der Waals surface area contributed by atoms with Crippen molar-refractivity contribution in [3.63, 3.8) is 0 Å². The van der Waals surface area contributed by atoms with Crippen LogP contribution in [0, 0.1) is 10.1 Å². The van der Waals surface area contributed by atoms with Gasteiger partial charge in [-0.05, 0) is 43.0 Å². The van der Waals surface area contributed by atoms with Crippen molar-refractivity contribution in [2.75, 3.05) is 19.0 Å². The van der Waals surface area contributed by atoms with Crippen LogP contribution in [0.4, 0.5) is 11.4 Å². The molecule has 0 aliphatic rings. The average molecular weight is 429 g/mol. The molecule has 0 spiro atoms. The summed E-state index contributed by atoms with van der Waals surface area (Å²) in [6, 6.07) is 9.52. The number of nitro benzene ring substituents is 1. The van der Waals surface area contributed by atoms with E-state index in [0.29, 0.717) is 12.3 Å². The van der Waals surface area contributed by atoms with Gasteiger partial charge in [-0.3, -0.25) is 14.9 Å². The van der Waals surface area contributed by atoms with E-state index in [1.165, 1.54) is 31.0 Å². The Labute approximate surface area is 176 Å². The van der Waals surface area contributed by atoms with Crippen molar-refractivity contribution in [1.82, 2.24) is 14.8 Å². The molecule has 30 heavy (non-hydrogen) atoms. The van der Waals surface area contributed by atoms with Crippen molar-refractivity contribution in [2.24, 2.45) is 7.05 Å². The monoisotopic (exact) mass is 429 g/mol. The number of aryl methyl sites for hydroxylation is 1. The normalized spacial score (nSPS) is 10.5. The Morgan fingerprint density at radius 2 is 2.00 bits per heavy atom. The molecular formula is C19H19N5O5S. The Morgan fingerprint density at radius 3 is 2.57 bits per heavy atom. The fourth-order valence-corrected chi connectivity index (χ4v) is 3.35. The molecule has 0 aliphatic carbocycles. The highest BCUT2D eigenvalue weighted by molar-refractivity contribution is 7.99. The van der Waals surface area contributed by atoms with Gasteiger partial charge < -0.3 is 19.4 Å². The van der Waals surface area contributed by atoms with Gasteiger partial charge in [-0.25, -0.2) is 0 Å². The zero-order valence-electron chi connectivity index (χ0n) is 16.5. The molecule has 156 valence electrons. The quantitative estimate of drug-likeness (QED) is 0.426. The topological polar surface area (TPSA) is 121 Å². The number of amides is 1. The third-order valence-electron chi connectivity index (χ3n) is 4.01. The number of nitrogens with one attached hydrogen (secondary N) is 1. The Hall–Kier alpha value is -3.60. The zero-order chi connectivity index (χ0) is 21.7. The number of nitrogens with zero attached hydrogens (tertiary/aromatic N) is 4. The van der Waals surface area contributed by atoms with Gasteiger partial charge in [-0.15, -0.1) is 10.2 Å². The number of aromatic nitrogens is 3. The van der Waals surface area contributed by atoms with Crippen molar-refractivity contribution < 1.29 is 19.2 Å². The van der Waals surface area contributed by atoms with E-state index < -0.39 is 10.8 Å². The van der Waals surface area contributed by atoms with Crippen LogP contribution >= 0.6 is 11.8 Å². The lowest BCUT2D eigenvalue weighted by Gasteiger charge is -2.12. The second kappa shape index (κ2) is 9.27. The van der Waals surface area contributed by atoms with Crippen LogP contribution in [-0.4, -0.2) is 39.3 Å². The molecule has 3 rings (SSSR count). The number of methoxy groups -OCH3 is 1. The molecule has 1 aromatic heterocycles. The van der Waals surface area contributed by atoms with Gasteiger partial charge in [0.15, 0.2) is 16.7 Å². The first-order chi connectivity index (χ1) is 14.4. The largest absolute Gasteiger partial charge is 0.493 e. The lowest BCUT2D eigenvalue weighted by atomic mass is 10.1. The summed E-state index contributed by atoms with van der Waals surface area (Å²) >= 11 is 1.42. The molecular weight excluding hydrogens is 410 g/mol. The van der Waals surface area contributed by atoms with Crippen LogP contribution in [-0.2, 0) is 7.05 Å². The van der Waals surface area contributed by atoms with E-state index in [0.717, 1.165) is 10.1 Å². The third-order valence-corrected chi connectivity index (χ3v) is 5.07. The van der Waals surface area contributed by atoms with Crippen LogP contribution in [0.15, 0.2) is 52.8 Å². The summed E-state index contributed by atoms with van der Waals surface area (Å²) in [5, 5.41) is 22.7. The smallest absolute Gasteiger partial charge is 0.286 e. The van der Waals surface area contributed by atoms with Crippen LogP contribution in [0.25, 0.3) is 0 Å². The van der Waals surface area contributed by atoms with Gasteiger partial charge in [0.25, 0.3) is 11.6 Å². The van der Waals surface area contributed by atoms with Gasteiger partial charge in [-0.1, -0.05) is 0 Å². The van der Waals surface area contributed by atoms with Crippen molar-refractivity contribution in [3.05, 3.63) is 58.4 Å². The molecule has 0 saturated heterocycles. The Kier molecular flexibility index (Phi) is 6.52. The summed E-state index contributed by atoms with van der Waals surface area (Å²) in [5.41, 5.74) is -0.00601. The number of anilines is 1. The Bertz CT molecular complexity index is 1070. The van der Waals surface area contributed by atoms with E-state index in [1.54, 1.807) is 30.0 Å². The number of nitro groups is 1. The van der Waals surface area contributed by atoms with E-state index in [4.69, 9.17) is 9.47 Å². The molecule has 0 unspecified atom stereocenters. The minimum absolute atomic E-state index is 0.127. The molecule has 1 amide bonds. The Balaban J connectivity index is 1.81. The van der Waals surface area contributed by atoms with Crippen molar-refractivity contribution in [2.45, 2.75) is 17.0 Å². The molecule has 0 bridgehead atoms. The van der Waals surface area contributed by atoms with E-state index >= 15 is 0 Å². The second-order valence-corrected chi connectivity index (χ2v) is 7.06. The van der Waals surface area contributed by atoms with Crippen LogP contribution in [0.2, 0.25) is 0 Å². The predicted molar refractivity (Wildman–Crippen MR) is 110 cm³/mol. The molecule has 0 atom stereocenters. The van der Waals surface area contributed by atoms with Crippen LogP contribution < -0.4 is 14.8 Å². The molecule has 11 heteroatoms. The molecule has 2 aromatic carbocycles. The van der Waals surface area contributed by atoms with Crippen molar-refractivity contribution >= 4 is 29.0 Å². The fraction of sp³-hybridized carbons (Fsp3) is 0.211. The Morgan fingerprint density at radius 1 is 1.27 bits per heavy atom. The molecule has 0 radical (unpaired) electrons. The SMILES string of the molecule is CCOc1cc([N+](=O)[O-])c(C(=O)Nc2ccc(Sc3nncn3C)cc2)cc1OC. The lowest BCUT2D eigenvalue weighted by molar-refractivity contribution is -0.385. The fourth-order valence-electron chi connectivity index (χ4n) is 2.59. The molecule has 10 nitrogen and oxygen atoms in total. The highest BCUT2D eigenvalue weighted by atomic mass is 32.2. The van der Waals surface area contributed by atoms with Crippen LogP contribution in [0.1, 0.15) is 17.3 Å².